The van der Waals surface area contributed by atoms with Gasteiger partial charge < -0.3 is 0 Å². The van der Waals surface area contributed by atoms with Crippen molar-refractivity contribution in [2.75, 3.05) is 0 Å². The van der Waals surface area contributed by atoms with E-state index in [-0.39, 0.29) is 0 Å². The van der Waals surface area contributed by atoms with Crippen molar-refractivity contribution in [3.05, 3.63) is 46.3 Å². The molecule has 0 amide bonds. The van der Waals surface area contributed by atoms with Crippen molar-refractivity contribution in [2.24, 2.45) is 0 Å². The fourth-order valence-corrected chi connectivity index (χ4v) is 2.63. The highest BCUT2D eigenvalue weighted by molar-refractivity contribution is 9.10. The van der Waals surface area contributed by atoms with Gasteiger partial charge in [-0.05, 0) is 18.2 Å². The number of benzene rings is 1. The van der Waals surface area contributed by atoms with Crippen LogP contribution >= 0.6 is 39.3 Å². The Morgan fingerprint density at radius 1 is 1.20 bits per heavy atom. The highest BCUT2D eigenvalue weighted by Crippen LogP contribution is 2.28. The molecule has 2 nitrogen and oxygen atoms in total. The van der Waals surface area contributed by atoms with Gasteiger partial charge in [0.05, 0.1) is 0 Å². The fourth-order valence-electron chi connectivity index (χ4n) is 1.02. The van der Waals surface area contributed by atoms with Crippen molar-refractivity contribution < 1.29 is 0 Å². The van der Waals surface area contributed by atoms with Crippen LogP contribution in [0.2, 0.25) is 5.15 Å². The molecule has 76 valence electrons. The smallest absolute Gasteiger partial charge is 0.133 e. The molecule has 0 spiro atoms. The lowest BCUT2D eigenvalue weighted by atomic mass is 10.4. The van der Waals surface area contributed by atoms with Crippen LogP contribution in [0.15, 0.2) is 51.1 Å². The summed E-state index contributed by atoms with van der Waals surface area (Å²) in [6.07, 6.45) is 1.46. The van der Waals surface area contributed by atoms with E-state index in [9.17, 15) is 0 Å². The van der Waals surface area contributed by atoms with Gasteiger partial charge in [0, 0.05) is 15.4 Å². The molecule has 2 aromatic rings. The first kappa shape index (κ1) is 10.9. The lowest BCUT2D eigenvalue weighted by molar-refractivity contribution is 1.05. The standard InChI is InChI=1S/C10H6BrClN2S/c11-7-2-1-3-8(4-7)15-10-5-9(12)13-6-14-10/h1-6H. The molecule has 0 fully saturated rings. The monoisotopic (exact) mass is 300 g/mol. The first-order valence-electron chi connectivity index (χ1n) is 4.15. The second kappa shape index (κ2) is 4.96. The molecule has 5 heteroatoms. The fraction of sp³-hybridized carbons (Fsp3) is 0. The van der Waals surface area contributed by atoms with E-state index < -0.39 is 0 Å². The third-order valence-electron chi connectivity index (χ3n) is 1.63. The topological polar surface area (TPSA) is 25.8 Å². The minimum absolute atomic E-state index is 0.461. The summed E-state index contributed by atoms with van der Waals surface area (Å²) in [6.45, 7) is 0. The second-order valence-electron chi connectivity index (χ2n) is 2.74. The summed E-state index contributed by atoms with van der Waals surface area (Å²) in [4.78, 5) is 9.06. The van der Waals surface area contributed by atoms with Crippen LogP contribution in [-0.2, 0) is 0 Å². The average Bonchev–Trinajstić information content (AvgIpc) is 2.17. The van der Waals surface area contributed by atoms with Crippen LogP contribution in [-0.4, -0.2) is 9.97 Å². The number of aromatic nitrogens is 2. The highest BCUT2D eigenvalue weighted by atomic mass is 79.9. The molecule has 1 aromatic heterocycles. The van der Waals surface area contributed by atoms with E-state index in [0.29, 0.717) is 5.15 Å². The van der Waals surface area contributed by atoms with Gasteiger partial charge in [-0.2, -0.15) is 0 Å². The summed E-state index contributed by atoms with van der Waals surface area (Å²) >= 11 is 10.7. The zero-order valence-electron chi connectivity index (χ0n) is 7.52. The van der Waals surface area contributed by atoms with Crippen LogP contribution in [0.4, 0.5) is 0 Å². The van der Waals surface area contributed by atoms with Gasteiger partial charge in [0.15, 0.2) is 0 Å². The average molecular weight is 302 g/mol. The Hall–Kier alpha value is -0.580. The maximum absolute atomic E-state index is 5.77. The molecule has 0 saturated heterocycles. The van der Waals surface area contributed by atoms with Crippen molar-refractivity contribution >= 4 is 39.3 Å². The highest BCUT2D eigenvalue weighted by Gasteiger charge is 2.00. The minimum Gasteiger partial charge on any atom is -0.230 e. The number of nitrogens with zero attached hydrogens (tertiary/aromatic N) is 2. The van der Waals surface area contributed by atoms with Gasteiger partial charge >= 0.3 is 0 Å². The van der Waals surface area contributed by atoms with Crippen LogP contribution < -0.4 is 0 Å². The second-order valence-corrected chi connectivity index (χ2v) is 5.14. The molecule has 0 aliphatic rings. The van der Waals surface area contributed by atoms with Gasteiger partial charge in [0.2, 0.25) is 0 Å². The lowest BCUT2D eigenvalue weighted by Crippen LogP contribution is -1.82. The molecule has 15 heavy (non-hydrogen) atoms. The molecule has 0 saturated carbocycles. The molecule has 1 aromatic carbocycles. The molecular formula is C10H6BrClN2S. The summed E-state index contributed by atoms with van der Waals surface area (Å²) in [5.41, 5.74) is 0. The van der Waals surface area contributed by atoms with Crippen molar-refractivity contribution in [1.82, 2.24) is 9.97 Å². The van der Waals surface area contributed by atoms with Crippen LogP contribution in [0.1, 0.15) is 0 Å². The maximum Gasteiger partial charge on any atom is 0.133 e. The predicted molar refractivity (Wildman–Crippen MR) is 65.3 cm³/mol. The lowest BCUT2D eigenvalue weighted by Gasteiger charge is -2.00. The zero-order valence-corrected chi connectivity index (χ0v) is 10.7. The molecule has 0 aliphatic carbocycles. The minimum atomic E-state index is 0.461. The van der Waals surface area contributed by atoms with E-state index in [4.69, 9.17) is 11.6 Å². The molecule has 0 bridgehead atoms. The number of hydrogen-bond acceptors (Lipinski definition) is 3. The maximum atomic E-state index is 5.77. The van der Waals surface area contributed by atoms with Gasteiger partial charge in [-0.25, -0.2) is 9.97 Å². The SMILES string of the molecule is Clc1cc(Sc2cccc(Br)c2)ncn1. The first-order valence-corrected chi connectivity index (χ1v) is 6.14. The third kappa shape index (κ3) is 3.19. The van der Waals surface area contributed by atoms with Crippen molar-refractivity contribution in [3.63, 3.8) is 0 Å². The molecule has 2 rings (SSSR count). The third-order valence-corrected chi connectivity index (χ3v) is 3.25. The summed E-state index contributed by atoms with van der Waals surface area (Å²) in [5.74, 6) is 0. The molecule has 1 heterocycles. The summed E-state index contributed by atoms with van der Waals surface area (Å²) < 4.78 is 1.05. The van der Waals surface area contributed by atoms with Crippen molar-refractivity contribution in [3.8, 4) is 0 Å². The summed E-state index contributed by atoms with van der Waals surface area (Å²) in [7, 11) is 0. The summed E-state index contributed by atoms with van der Waals surface area (Å²) in [6, 6.07) is 9.76. The zero-order chi connectivity index (χ0) is 10.7. The van der Waals surface area contributed by atoms with Crippen molar-refractivity contribution in [2.45, 2.75) is 9.92 Å². The molecular weight excluding hydrogens is 296 g/mol. The van der Waals surface area contributed by atoms with E-state index >= 15 is 0 Å². The Labute approximate surface area is 105 Å². The molecule has 0 aliphatic heterocycles. The molecule has 0 atom stereocenters. The van der Waals surface area contributed by atoms with Gasteiger partial charge in [0.1, 0.15) is 16.5 Å². The number of rotatable bonds is 2. The Balaban J connectivity index is 2.22. The Morgan fingerprint density at radius 3 is 2.80 bits per heavy atom. The Kier molecular flexibility index (Phi) is 3.61. The van der Waals surface area contributed by atoms with Gasteiger partial charge in [-0.1, -0.05) is 45.4 Å². The molecule has 0 radical (unpaired) electrons. The van der Waals surface area contributed by atoms with Crippen LogP contribution in [0.5, 0.6) is 0 Å². The molecule has 0 N–H and O–H groups in total. The number of hydrogen-bond donors (Lipinski definition) is 0. The van der Waals surface area contributed by atoms with Crippen LogP contribution in [0, 0.1) is 0 Å². The van der Waals surface area contributed by atoms with Crippen LogP contribution in [0.25, 0.3) is 0 Å². The first-order chi connectivity index (χ1) is 7.24. The van der Waals surface area contributed by atoms with E-state index in [0.717, 1.165) is 14.4 Å². The normalized spacial score (nSPS) is 10.3. The Bertz CT molecular complexity index is 435. The van der Waals surface area contributed by atoms with Gasteiger partial charge in [-0.3, -0.25) is 0 Å². The Morgan fingerprint density at radius 2 is 2.07 bits per heavy atom. The molecule has 0 unspecified atom stereocenters. The predicted octanol–water partition coefficient (Wildman–Crippen LogP) is 4.04. The van der Waals surface area contributed by atoms with E-state index in [1.54, 1.807) is 17.8 Å². The van der Waals surface area contributed by atoms with E-state index in [1.165, 1.54) is 6.33 Å². The van der Waals surface area contributed by atoms with E-state index in [1.807, 2.05) is 24.3 Å². The van der Waals surface area contributed by atoms with E-state index in [2.05, 4.69) is 25.9 Å². The summed E-state index contributed by atoms with van der Waals surface area (Å²) in [5, 5.41) is 1.30. The van der Waals surface area contributed by atoms with Crippen molar-refractivity contribution in [1.29, 1.82) is 0 Å². The van der Waals surface area contributed by atoms with Gasteiger partial charge in [-0.15, -0.1) is 0 Å². The van der Waals surface area contributed by atoms with Crippen LogP contribution in [0.3, 0.4) is 0 Å². The van der Waals surface area contributed by atoms with Gasteiger partial charge in [0.25, 0.3) is 0 Å². The number of halogens is 2. The largest absolute Gasteiger partial charge is 0.230 e. The quantitative estimate of drug-likeness (QED) is 0.783.